The molecule has 0 unspecified atom stereocenters. The second kappa shape index (κ2) is 6.26. The Morgan fingerprint density at radius 1 is 0.667 bits per heavy atom. The highest BCUT2D eigenvalue weighted by atomic mass is 35.5. The average Bonchev–Trinajstić information content (AvgIpc) is 3.09. The van der Waals surface area contributed by atoms with Gasteiger partial charge in [0.15, 0.2) is 11.4 Å². The molecule has 1 heterocycles. The van der Waals surface area contributed by atoms with Crippen molar-refractivity contribution in [3.8, 4) is 22.3 Å². The van der Waals surface area contributed by atoms with Crippen molar-refractivity contribution in [2.75, 3.05) is 0 Å². The van der Waals surface area contributed by atoms with Gasteiger partial charge in [0.1, 0.15) is 5.58 Å². The summed E-state index contributed by atoms with van der Waals surface area (Å²) in [6.45, 7) is 0. The molecule has 0 aliphatic carbocycles. The van der Waals surface area contributed by atoms with Crippen molar-refractivity contribution >= 4 is 33.5 Å². The van der Waals surface area contributed by atoms with Gasteiger partial charge in [-0.3, -0.25) is 0 Å². The molecule has 5 aromatic rings. The molecule has 3 heteroatoms. The van der Waals surface area contributed by atoms with Crippen LogP contribution in [0.25, 0.3) is 44.2 Å². The molecule has 0 N–H and O–H groups in total. The van der Waals surface area contributed by atoms with Gasteiger partial charge in [-0.15, -0.1) is 0 Å². The molecular weight excluding hydrogens is 359 g/mol. The first-order valence-corrected chi connectivity index (χ1v) is 9.04. The van der Waals surface area contributed by atoms with Crippen LogP contribution in [0.1, 0.15) is 0 Å². The van der Waals surface area contributed by atoms with E-state index in [1.54, 1.807) is 18.2 Å². The highest BCUT2D eigenvalue weighted by Gasteiger charge is 2.15. The largest absolute Gasteiger partial charge is 0.453 e. The molecule has 1 aromatic heterocycles. The first-order valence-electron chi connectivity index (χ1n) is 8.67. The Morgan fingerprint density at radius 2 is 1.37 bits per heavy atom. The normalized spacial score (nSPS) is 11.3. The molecule has 0 aliphatic heterocycles. The van der Waals surface area contributed by atoms with E-state index in [9.17, 15) is 4.39 Å². The zero-order valence-electron chi connectivity index (χ0n) is 14.2. The van der Waals surface area contributed by atoms with Crippen LogP contribution in [0, 0.1) is 5.82 Å². The van der Waals surface area contributed by atoms with E-state index in [2.05, 4.69) is 24.3 Å². The van der Waals surface area contributed by atoms with Crippen LogP contribution in [0.15, 0.2) is 89.3 Å². The lowest BCUT2D eigenvalue weighted by atomic mass is 9.98. The Labute approximate surface area is 160 Å². The zero-order chi connectivity index (χ0) is 18.4. The van der Waals surface area contributed by atoms with E-state index < -0.39 is 0 Å². The first-order chi connectivity index (χ1) is 13.2. The van der Waals surface area contributed by atoms with E-state index in [-0.39, 0.29) is 11.4 Å². The van der Waals surface area contributed by atoms with Crippen molar-refractivity contribution in [2.45, 2.75) is 0 Å². The summed E-state index contributed by atoms with van der Waals surface area (Å²) in [4.78, 5) is 0. The van der Waals surface area contributed by atoms with Gasteiger partial charge in [0.25, 0.3) is 0 Å². The van der Waals surface area contributed by atoms with Crippen molar-refractivity contribution in [2.24, 2.45) is 0 Å². The van der Waals surface area contributed by atoms with Crippen LogP contribution in [0.3, 0.4) is 0 Å². The first kappa shape index (κ1) is 16.1. The molecule has 0 fully saturated rings. The maximum Gasteiger partial charge on any atom is 0.171 e. The maximum atomic E-state index is 14.8. The van der Waals surface area contributed by atoms with Gasteiger partial charge >= 0.3 is 0 Å². The van der Waals surface area contributed by atoms with Crippen LogP contribution in [0.5, 0.6) is 0 Å². The molecule has 5 rings (SSSR count). The maximum absolute atomic E-state index is 14.8. The van der Waals surface area contributed by atoms with Gasteiger partial charge in [0, 0.05) is 10.8 Å². The fourth-order valence-corrected chi connectivity index (χ4v) is 3.79. The molecule has 130 valence electrons. The van der Waals surface area contributed by atoms with Crippen LogP contribution >= 0.6 is 11.6 Å². The molecule has 0 spiro atoms. The molecule has 0 saturated heterocycles. The van der Waals surface area contributed by atoms with E-state index in [4.69, 9.17) is 16.0 Å². The van der Waals surface area contributed by atoms with Gasteiger partial charge in [-0.25, -0.2) is 4.39 Å². The molecule has 0 bridgehead atoms. The number of hydrogen-bond acceptors (Lipinski definition) is 1. The number of hydrogen-bond donors (Lipinski definition) is 0. The van der Waals surface area contributed by atoms with Crippen LogP contribution in [0.2, 0.25) is 5.02 Å². The minimum absolute atomic E-state index is 0.237. The fraction of sp³-hybridized carbons (Fsp3) is 0. The van der Waals surface area contributed by atoms with Crippen LogP contribution in [0.4, 0.5) is 4.39 Å². The van der Waals surface area contributed by atoms with E-state index in [1.165, 1.54) is 6.07 Å². The molecular formula is C24H14ClFO. The second-order valence-corrected chi connectivity index (χ2v) is 6.90. The van der Waals surface area contributed by atoms with Gasteiger partial charge < -0.3 is 4.42 Å². The molecule has 0 amide bonds. The lowest BCUT2D eigenvalue weighted by Gasteiger charge is -2.07. The molecule has 1 nitrogen and oxygen atoms in total. The lowest BCUT2D eigenvalue weighted by molar-refractivity contribution is 0.584. The third-order valence-electron chi connectivity index (χ3n) is 4.80. The SMILES string of the molecule is Fc1cc(-c2cccc(-c3ccccc3)c2)cc2c1oc1cccc(Cl)c12. The Hall–Kier alpha value is -3.10. The van der Waals surface area contributed by atoms with E-state index >= 15 is 0 Å². The summed E-state index contributed by atoms with van der Waals surface area (Å²) in [5.41, 5.74) is 4.77. The molecule has 0 saturated carbocycles. The number of rotatable bonds is 2. The van der Waals surface area contributed by atoms with Gasteiger partial charge in [0.2, 0.25) is 0 Å². The van der Waals surface area contributed by atoms with Gasteiger partial charge in [0.05, 0.1) is 5.02 Å². The summed E-state index contributed by atoms with van der Waals surface area (Å²) in [6.07, 6.45) is 0. The minimum Gasteiger partial charge on any atom is -0.453 e. The molecule has 0 aliphatic rings. The van der Waals surface area contributed by atoms with Crippen molar-refractivity contribution in [1.82, 2.24) is 0 Å². The quantitative estimate of drug-likeness (QED) is 0.309. The molecule has 0 radical (unpaired) electrons. The Bertz CT molecular complexity index is 1290. The van der Waals surface area contributed by atoms with Crippen LogP contribution in [-0.4, -0.2) is 0 Å². The Morgan fingerprint density at radius 3 is 2.19 bits per heavy atom. The third-order valence-corrected chi connectivity index (χ3v) is 5.12. The monoisotopic (exact) mass is 372 g/mol. The van der Waals surface area contributed by atoms with Crippen molar-refractivity contribution < 1.29 is 8.81 Å². The van der Waals surface area contributed by atoms with Gasteiger partial charge in [-0.05, 0) is 52.6 Å². The lowest BCUT2D eigenvalue weighted by Crippen LogP contribution is -1.84. The summed E-state index contributed by atoms with van der Waals surface area (Å²) in [6, 6.07) is 27.1. The van der Waals surface area contributed by atoms with E-state index in [1.807, 2.05) is 36.4 Å². The highest BCUT2D eigenvalue weighted by molar-refractivity contribution is 6.37. The Kier molecular flexibility index (Phi) is 3.73. The number of benzene rings is 4. The van der Waals surface area contributed by atoms with E-state index in [0.717, 1.165) is 27.6 Å². The molecule has 0 atom stereocenters. The van der Waals surface area contributed by atoms with Crippen molar-refractivity contribution in [3.63, 3.8) is 0 Å². The standard InChI is InChI=1S/C24H14ClFO/c25-20-10-5-11-22-23(20)19-13-18(14-21(26)24(19)27-22)17-9-4-8-16(12-17)15-6-2-1-3-7-15/h1-14H. The summed E-state index contributed by atoms with van der Waals surface area (Å²) >= 11 is 6.35. The summed E-state index contributed by atoms with van der Waals surface area (Å²) < 4.78 is 20.5. The Balaban J connectivity index is 1.73. The highest BCUT2D eigenvalue weighted by Crippen LogP contribution is 2.38. The van der Waals surface area contributed by atoms with Crippen LogP contribution < -0.4 is 0 Å². The topological polar surface area (TPSA) is 13.1 Å². The summed E-state index contributed by atoms with van der Waals surface area (Å²) in [7, 11) is 0. The predicted molar refractivity (Wildman–Crippen MR) is 110 cm³/mol. The number of furan rings is 1. The van der Waals surface area contributed by atoms with Gasteiger partial charge in [-0.1, -0.05) is 66.2 Å². The fourth-order valence-electron chi connectivity index (χ4n) is 3.52. The van der Waals surface area contributed by atoms with Crippen molar-refractivity contribution in [1.29, 1.82) is 0 Å². The molecule has 27 heavy (non-hydrogen) atoms. The predicted octanol–water partition coefficient (Wildman–Crippen LogP) is 7.71. The molecule has 4 aromatic carbocycles. The minimum atomic E-state index is -0.389. The average molecular weight is 373 g/mol. The second-order valence-electron chi connectivity index (χ2n) is 6.50. The van der Waals surface area contributed by atoms with E-state index in [0.29, 0.717) is 16.0 Å². The smallest absolute Gasteiger partial charge is 0.171 e. The zero-order valence-corrected chi connectivity index (χ0v) is 15.0. The number of halogens is 2. The van der Waals surface area contributed by atoms with Gasteiger partial charge in [-0.2, -0.15) is 0 Å². The van der Waals surface area contributed by atoms with Crippen LogP contribution in [-0.2, 0) is 0 Å². The third kappa shape index (κ3) is 2.70. The summed E-state index contributed by atoms with van der Waals surface area (Å²) in [5.74, 6) is -0.389. The van der Waals surface area contributed by atoms with Crippen molar-refractivity contribution in [3.05, 3.63) is 95.8 Å². The summed E-state index contributed by atoms with van der Waals surface area (Å²) in [5, 5.41) is 1.99. The number of fused-ring (bicyclic) bond motifs is 3.